The molecule has 0 N–H and O–H groups in total. The number of aromatic nitrogens is 2. The Morgan fingerprint density at radius 1 is 1.45 bits per heavy atom. The number of rotatable bonds is 7. The van der Waals surface area contributed by atoms with Gasteiger partial charge in [0.25, 0.3) is 0 Å². The van der Waals surface area contributed by atoms with Crippen LogP contribution in [-0.2, 0) is 11.8 Å². The van der Waals surface area contributed by atoms with Gasteiger partial charge in [0, 0.05) is 33.7 Å². The quantitative estimate of drug-likeness (QED) is 0.434. The maximum Gasteiger partial charge on any atom is 0.406 e. The van der Waals surface area contributed by atoms with Crippen LogP contribution in [0.5, 0.6) is 0 Å². The van der Waals surface area contributed by atoms with E-state index in [-0.39, 0.29) is 11.9 Å². The Morgan fingerprint density at radius 3 is 2.75 bits per heavy atom. The van der Waals surface area contributed by atoms with Crippen molar-refractivity contribution in [3.8, 4) is 0 Å². The Balaban J connectivity index is 1.91. The second-order valence-corrected chi connectivity index (χ2v) is 5.23. The summed E-state index contributed by atoms with van der Waals surface area (Å²) in [5.41, 5.74) is 0. The smallest absolute Gasteiger partial charge is 0.375 e. The molecule has 0 unspecified atom stereocenters. The van der Waals surface area contributed by atoms with E-state index in [0.717, 1.165) is 13.0 Å². The molecular formula is C13H22N4O3. The van der Waals surface area contributed by atoms with Crippen molar-refractivity contribution in [3.05, 3.63) is 15.9 Å². The van der Waals surface area contributed by atoms with Crippen molar-refractivity contribution in [2.45, 2.75) is 39.2 Å². The predicted octanol–water partition coefficient (Wildman–Crippen LogP) is 2.03. The monoisotopic (exact) mass is 282 g/mol. The van der Waals surface area contributed by atoms with E-state index in [4.69, 9.17) is 4.74 Å². The van der Waals surface area contributed by atoms with E-state index in [0.29, 0.717) is 24.7 Å². The van der Waals surface area contributed by atoms with Gasteiger partial charge in [-0.2, -0.15) is 0 Å². The van der Waals surface area contributed by atoms with Gasteiger partial charge in [-0.05, 0) is 16.3 Å². The number of unbranched alkanes of at least 4 members (excludes halogenated alkanes) is 2. The molecule has 1 aliphatic rings. The Labute approximate surface area is 118 Å². The van der Waals surface area contributed by atoms with Crippen molar-refractivity contribution >= 4 is 11.6 Å². The topological polar surface area (TPSA) is 73.4 Å². The third-order valence-electron chi connectivity index (χ3n) is 3.69. The van der Waals surface area contributed by atoms with E-state index >= 15 is 0 Å². The standard InChI is InChI=1S/C13H22N4O3/c1-4-5-6-7-20-11-8-16(9-11)13-12(17(18)19)14-10(2)15(13)3/h11H,4-9H2,1-3H3. The molecule has 0 aliphatic carbocycles. The van der Waals surface area contributed by atoms with Crippen LogP contribution in [0.15, 0.2) is 0 Å². The molecule has 112 valence electrons. The third-order valence-corrected chi connectivity index (χ3v) is 3.69. The maximum absolute atomic E-state index is 11.0. The van der Waals surface area contributed by atoms with Gasteiger partial charge in [0.2, 0.25) is 11.6 Å². The number of ether oxygens (including phenoxy) is 1. The average molecular weight is 282 g/mol. The van der Waals surface area contributed by atoms with E-state index < -0.39 is 4.92 Å². The third kappa shape index (κ3) is 2.92. The summed E-state index contributed by atoms with van der Waals surface area (Å²) in [6, 6.07) is 0. The van der Waals surface area contributed by atoms with Crippen LogP contribution >= 0.6 is 0 Å². The predicted molar refractivity (Wildman–Crippen MR) is 76.1 cm³/mol. The van der Waals surface area contributed by atoms with Crippen LogP contribution in [0.1, 0.15) is 32.0 Å². The Morgan fingerprint density at radius 2 is 2.15 bits per heavy atom. The molecule has 0 bridgehead atoms. The molecule has 0 spiro atoms. The highest BCUT2D eigenvalue weighted by molar-refractivity contribution is 5.57. The zero-order valence-corrected chi connectivity index (χ0v) is 12.3. The highest BCUT2D eigenvalue weighted by Gasteiger charge is 2.36. The van der Waals surface area contributed by atoms with E-state index in [1.54, 1.807) is 18.5 Å². The lowest BCUT2D eigenvalue weighted by atomic mass is 10.1. The summed E-state index contributed by atoms with van der Waals surface area (Å²) in [5, 5.41) is 11.0. The van der Waals surface area contributed by atoms with Crippen molar-refractivity contribution in [1.29, 1.82) is 0 Å². The summed E-state index contributed by atoms with van der Waals surface area (Å²) in [7, 11) is 1.81. The number of aryl methyl sites for hydroxylation is 1. The molecule has 2 rings (SSSR count). The van der Waals surface area contributed by atoms with Crippen molar-refractivity contribution in [3.63, 3.8) is 0 Å². The lowest BCUT2D eigenvalue weighted by Crippen LogP contribution is -2.53. The van der Waals surface area contributed by atoms with Gasteiger partial charge >= 0.3 is 5.82 Å². The van der Waals surface area contributed by atoms with Crippen molar-refractivity contribution in [2.24, 2.45) is 7.05 Å². The summed E-state index contributed by atoms with van der Waals surface area (Å²) in [4.78, 5) is 16.6. The van der Waals surface area contributed by atoms with E-state index in [9.17, 15) is 10.1 Å². The molecule has 1 aromatic heterocycles. The summed E-state index contributed by atoms with van der Waals surface area (Å²) in [6.45, 7) is 6.11. The van der Waals surface area contributed by atoms with E-state index in [1.807, 2.05) is 4.90 Å². The van der Waals surface area contributed by atoms with Crippen molar-refractivity contribution in [2.75, 3.05) is 24.6 Å². The number of anilines is 1. The van der Waals surface area contributed by atoms with E-state index in [2.05, 4.69) is 11.9 Å². The Kier molecular flexibility index (Phi) is 4.59. The molecular weight excluding hydrogens is 260 g/mol. The normalized spacial score (nSPS) is 15.4. The fraction of sp³-hybridized carbons (Fsp3) is 0.769. The van der Waals surface area contributed by atoms with Crippen LogP contribution in [0.4, 0.5) is 11.6 Å². The number of nitro groups is 1. The Bertz CT molecular complexity index is 480. The first-order valence-corrected chi connectivity index (χ1v) is 7.08. The summed E-state index contributed by atoms with van der Waals surface area (Å²) in [6.07, 6.45) is 3.63. The summed E-state index contributed by atoms with van der Waals surface area (Å²) >= 11 is 0. The highest BCUT2D eigenvalue weighted by atomic mass is 16.6. The molecule has 1 fully saturated rings. The first-order valence-electron chi connectivity index (χ1n) is 7.08. The molecule has 1 aromatic rings. The van der Waals surface area contributed by atoms with Gasteiger partial charge in [-0.3, -0.25) is 4.57 Å². The number of nitrogens with zero attached hydrogens (tertiary/aromatic N) is 4. The molecule has 0 saturated carbocycles. The van der Waals surface area contributed by atoms with Gasteiger partial charge in [0.15, 0.2) is 0 Å². The molecule has 7 heteroatoms. The molecule has 1 aliphatic heterocycles. The zero-order valence-electron chi connectivity index (χ0n) is 12.3. The molecule has 0 atom stereocenters. The average Bonchev–Trinajstić information content (AvgIpc) is 2.64. The largest absolute Gasteiger partial charge is 0.406 e. The lowest BCUT2D eigenvalue weighted by molar-refractivity contribution is -0.388. The summed E-state index contributed by atoms with van der Waals surface area (Å²) in [5.74, 6) is 1.18. The van der Waals surface area contributed by atoms with Crippen molar-refractivity contribution < 1.29 is 9.66 Å². The van der Waals surface area contributed by atoms with Gasteiger partial charge in [-0.15, -0.1) is 0 Å². The van der Waals surface area contributed by atoms with Crippen LogP contribution in [0, 0.1) is 17.0 Å². The highest BCUT2D eigenvalue weighted by Crippen LogP contribution is 2.31. The SMILES string of the molecule is CCCCCOC1CN(c2c([N+](=O)[O-])nc(C)n2C)C1. The first-order chi connectivity index (χ1) is 9.54. The maximum atomic E-state index is 11.0. The molecule has 0 aromatic carbocycles. The Hall–Kier alpha value is -1.63. The van der Waals surface area contributed by atoms with E-state index in [1.165, 1.54) is 12.8 Å². The van der Waals surface area contributed by atoms with Gasteiger partial charge in [-0.1, -0.05) is 19.8 Å². The molecule has 2 heterocycles. The fourth-order valence-corrected chi connectivity index (χ4v) is 2.38. The minimum Gasteiger partial charge on any atom is -0.375 e. The lowest BCUT2D eigenvalue weighted by Gasteiger charge is -2.39. The number of hydrogen-bond acceptors (Lipinski definition) is 5. The van der Waals surface area contributed by atoms with Crippen molar-refractivity contribution in [1.82, 2.24) is 9.55 Å². The number of hydrogen-bond donors (Lipinski definition) is 0. The first kappa shape index (κ1) is 14.8. The minimum absolute atomic E-state index is 0.0607. The van der Waals surface area contributed by atoms with Crippen LogP contribution in [0.25, 0.3) is 0 Å². The van der Waals surface area contributed by atoms with Gasteiger partial charge in [0.1, 0.15) is 0 Å². The molecule has 0 radical (unpaired) electrons. The van der Waals surface area contributed by atoms with Gasteiger partial charge in [0.05, 0.1) is 6.10 Å². The van der Waals surface area contributed by atoms with Gasteiger partial charge in [-0.25, -0.2) is 0 Å². The minimum atomic E-state index is -0.419. The second kappa shape index (κ2) is 6.21. The molecule has 7 nitrogen and oxygen atoms in total. The van der Waals surface area contributed by atoms with Crippen LogP contribution < -0.4 is 4.90 Å². The second-order valence-electron chi connectivity index (χ2n) is 5.23. The van der Waals surface area contributed by atoms with Crippen LogP contribution in [0.2, 0.25) is 0 Å². The fourth-order valence-electron chi connectivity index (χ4n) is 2.38. The molecule has 1 saturated heterocycles. The molecule has 20 heavy (non-hydrogen) atoms. The zero-order chi connectivity index (χ0) is 14.7. The van der Waals surface area contributed by atoms with Crippen LogP contribution in [0.3, 0.4) is 0 Å². The molecule has 0 amide bonds. The number of imidazole rings is 1. The summed E-state index contributed by atoms with van der Waals surface area (Å²) < 4.78 is 7.51. The van der Waals surface area contributed by atoms with Crippen LogP contribution in [-0.4, -0.2) is 40.3 Å². The van der Waals surface area contributed by atoms with Gasteiger partial charge < -0.3 is 19.8 Å².